The maximum Gasteiger partial charge on any atom is 0.311 e. The van der Waals surface area contributed by atoms with E-state index in [-0.39, 0.29) is 0 Å². The molecule has 104 valence electrons. The van der Waals surface area contributed by atoms with Gasteiger partial charge in [0.15, 0.2) is 0 Å². The van der Waals surface area contributed by atoms with Gasteiger partial charge in [0, 0.05) is 19.3 Å². The van der Waals surface area contributed by atoms with Gasteiger partial charge in [0.1, 0.15) is 5.75 Å². The number of hydrogen-bond donors (Lipinski definition) is 1. The van der Waals surface area contributed by atoms with Crippen LogP contribution >= 0.6 is 0 Å². The smallest absolute Gasteiger partial charge is 0.311 e. The fraction of sp³-hybridized carbons (Fsp3) is 0.533. The van der Waals surface area contributed by atoms with Crippen LogP contribution in [-0.4, -0.2) is 31.8 Å². The zero-order valence-corrected chi connectivity index (χ0v) is 12.0. The van der Waals surface area contributed by atoms with Gasteiger partial charge in [0.2, 0.25) is 0 Å². The summed E-state index contributed by atoms with van der Waals surface area (Å²) >= 11 is 0. The van der Waals surface area contributed by atoms with Crippen LogP contribution in [0.5, 0.6) is 5.75 Å². The van der Waals surface area contributed by atoms with Crippen LogP contribution in [0.2, 0.25) is 0 Å². The van der Waals surface area contributed by atoms with Gasteiger partial charge < -0.3 is 14.7 Å². The highest BCUT2D eigenvalue weighted by atomic mass is 16.5. The zero-order chi connectivity index (χ0) is 14.2. The first-order chi connectivity index (χ1) is 8.89. The molecule has 4 nitrogen and oxygen atoms in total. The standard InChI is InChI=1S/C15H21NO3/c1-10-7-12(8-11(2)13(10)19-4)16(3)9-15(5-6-15)14(17)18/h7-8H,5-6,9H2,1-4H3,(H,17,18). The van der Waals surface area contributed by atoms with E-state index < -0.39 is 11.4 Å². The van der Waals surface area contributed by atoms with Gasteiger partial charge in [0.05, 0.1) is 12.5 Å². The summed E-state index contributed by atoms with van der Waals surface area (Å²) in [5.41, 5.74) is 2.66. The molecule has 0 spiro atoms. The Bertz CT molecular complexity index is 483. The number of carboxylic acids is 1. The SMILES string of the molecule is COc1c(C)cc(N(C)CC2(C(=O)O)CC2)cc1C. The van der Waals surface area contributed by atoms with E-state index in [4.69, 9.17) is 4.74 Å². The van der Waals surface area contributed by atoms with Crippen molar-refractivity contribution < 1.29 is 14.6 Å². The van der Waals surface area contributed by atoms with Crippen LogP contribution in [0.3, 0.4) is 0 Å². The van der Waals surface area contributed by atoms with E-state index in [0.717, 1.165) is 35.4 Å². The highest BCUT2D eigenvalue weighted by Crippen LogP contribution is 2.47. The molecule has 0 saturated heterocycles. The Morgan fingerprint density at radius 1 is 1.37 bits per heavy atom. The van der Waals surface area contributed by atoms with E-state index in [0.29, 0.717) is 6.54 Å². The molecule has 0 amide bonds. The van der Waals surface area contributed by atoms with Crippen LogP contribution in [0.25, 0.3) is 0 Å². The van der Waals surface area contributed by atoms with Crippen molar-refractivity contribution in [3.8, 4) is 5.75 Å². The van der Waals surface area contributed by atoms with Crippen molar-refractivity contribution in [2.24, 2.45) is 5.41 Å². The third kappa shape index (κ3) is 2.53. The summed E-state index contributed by atoms with van der Waals surface area (Å²) in [5, 5.41) is 9.24. The molecule has 0 atom stereocenters. The van der Waals surface area contributed by atoms with E-state index in [1.54, 1.807) is 7.11 Å². The molecule has 19 heavy (non-hydrogen) atoms. The predicted molar refractivity (Wildman–Crippen MR) is 75.0 cm³/mol. The van der Waals surface area contributed by atoms with Crippen molar-refractivity contribution in [2.75, 3.05) is 25.6 Å². The van der Waals surface area contributed by atoms with Crippen molar-refractivity contribution in [3.05, 3.63) is 23.3 Å². The lowest BCUT2D eigenvalue weighted by Gasteiger charge is -2.24. The highest BCUT2D eigenvalue weighted by molar-refractivity contribution is 5.78. The lowest BCUT2D eigenvalue weighted by atomic mass is 10.1. The van der Waals surface area contributed by atoms with E-state index >= 15 is 0 Å². The largest absolute Gasteiger partial charge is 0.496 e. The van der Waals surface area contributed by atoms with Gasteiger partial charge in [0.25, 0.3) is 0 Å². The number of hydrogen-bond acceptors (Lipinski definition) is 3. The Labute approximate surface area is 114 Å². The van der Waals surface area contributed by atoms with Gasteiger partial charge >= 0.3 is 5.97 Å². The van der Waals surface area contributed by atoms with Gasteiger partial charge in [-0.25, -0.2) is 0 Å². The lowest BCUT2D eigenvalue weighted by molar-refractivity contribution is -0.142. The first kappa shape index (κ1) is 13.7. The van der Waals surface area contributed by atoms with E-state index in [9.17, 15) is 9.90 Å². The Kier molecular flexibility index (Phi) is 3.43. The molecule has 1 N–H and O–H groups in total. The molecule has 1 fully saturated rings. The summed E-state index contributed by atoms with van der Waals surface area (Å²) in [6, 6.07) is 4.09. The molecule has 0 bridgehead atoms. The number of carboxylic acid groups (broad SMARTS) is 1. The number of nitrogens with zero attached hydrogens (tertiary/aromatic N) is 1. The summed E-state index contributed by atoms with van der Waals surface area (Å²) in [6.07, 6.45) is 1.56. The average molecular weight is 263 g/mol. The van der Waals surface area contributed by atoms with E-state index in [1.807, 2.05) is 37.9 Å². The molecule has 0 heterocycles. The molecule has 1 saturated carbocycles. The van der Waals surface area contributed by atoms with Crippen molar-refractivity contribution in [1.82, 2.24) is 0 Å². The Balaban J connectivity index is 2.20. The normalized spacial score (nSPS) is 16.0. The number of rotatable bonds is 5. The number of aryl methyl sites for hydroxylation is 2. The van der Waals surface area contributed by atoms with Gasteiger partial charge in [-0.2, -0.15) is 0 Å². The molecule has 1 aromatic carbocycles. The second-order valence-electron chi connectivity index (χ2n) is 5.55. The molecule has 2 rings (SSSR count). The van der Waals surface area contributed by atoms with Crippen LogP contribution in [0.1, 0.15) is 24.0 Å². The van der Waals surface area contributed by atoms with E-state index in [1.165, 1.54) is 0 Å². The van der Waals surface area contributed by atoms with Crippen molar-refractivity contribution in [2.45, 2.75) is 26.7 Å². The van der Waals surface area contributed by atoms with Gasteiger partial charge in [-0.3, -0.25) is 4.79 Å². The quantitative estimate of drug-likeness (QED) is 0.887. The molecule has 0 unspecified atom stereocenters. The summed E-state index contributed by atoms with van der Waals surface area (Å²) < 4.78 is 5.35. The second-order valence-corrected chi connectivity index (χ2v) is 5.55. The topological polar surface area (TPSA) is 49.8 Å². The molecular formula is C15H21NO3. The number of benzene rings is 1. The van der Waals surface area contributed by atoms with Gasteiger partial charge in [-0.15, -0.1) is 0 Å². The molecular weight excluding hydrogens is 242 g/mol. The molecule has 0 radical (unpaired) electrons. The molecule has 0 aliphatic heterocycles. The van der Waals surface area contributed by atoms with Crippen LogP contribution in [-0.2, 0) is 4.79 Å². The van der Waals surface area contributed by atoms with Crippen molar-refractivity contribution in [3.63, 3.8) is 0 Å². The monoisotopic (exact) mass is 263 g/mol. The maximum absolute atomic E-state index is 11.2. The van der Waals surface area contributed by atoms with Crippen LogP contribution in [0.15, 0.2) is 12.1 Å². The minimum Gasteiger partial charge on any atom is -0.496 e. The summed E-state index contributed by atoms with van der Waals surface area (Å²) in [6.45, 7) is 4.58. The number of aliphatic carboxylic acids is 1. The highest BCUT2D eigenvalue weighted by Gasteiger charge is 2.50. The van der Waals surface area contributed by atoms with Gasteiger partial charge in [-0.1, -0.05) is 0 Å². The fourth-order valence-corrected chi connectivity index (χ4v) is 2.61. The Hall–Kier alpha value is -1.71. The minimum absolute atomic E-state index is 0.531. The molecule has 1 aliphatic carbocycles. The molecule has 4 heteroatoms. The number of anilines is 1. The molecule has 1 aliphatic rings. The third-order valence-corrected chi connectivity index (χ3v) is 3.94. The zero-order valence-electron chi connectivity index (χ0n) is 12.0. The van der Waals surface area contributed by atoms with Crippen LogP contribution < -0.4 is 9.64 Å². The van der Waals surface area contributed by atoms with Crippen molar-refractivity contribution >= 4 is 11.7 Å². The van der Waals surface area contributed by atoms with Crippen LogP contribution in [0, 0.1) is 19.3 Å². The number of ether oxygens (including phenoxy) is 1. The first-order valence-corrected chi connectivity index (χ1v) is 6.49. The average Bonchev–Trinajstić information content (AvgIpc) is 3.09. The minimum atomic E-state index is -0.679. The summed E-state index contributed by atoms with van der Waals surface area (Å²) in [4.78, 5) is 13.3. The van der Waals surface area contributed by atoms with Crippen molar-refractivity contribution in [1.29, 1.82) is 0 Å². The lowest BCUT2D eigenvalue weighted by Crippen LogP contribution is -2.31. The van der Waals surface area contributed by atoms with E-state index in [2.05, 4.69) is 0 Å². The summed E-state index contributed by atoms with van der Waals surface area (Å²) in [7, 11) is 3.62. The predicted octanol–water partition coefficient (Wildman–Crippen LogP) is 2.61. The molecule has 0 aromatic heterocycles. The number of carbonyl (C=O) groups is 1. The first-order valence-electron chi connectivity index (χ1n) is 6.49. The third-order valence-electron chi connectivity index (χ3n) is 3.94. The molecule has 1 aromatic rings. The number of methoxy groups -OCH3 is 1. The Morgan fingerprint density at radius 3 is 2.26 bits per heavy atom. The summed E-state index contributed by atoms with van der Waals surface area (Å²) in [5.74, 6) is 0.220. The Morgan fingerprint density at radius 2 is 1.89 bits per heavy atom. The maximum atomic E-state index is 11.2. The second kappa shape index (κ2) is 4.76. The fourth-order valence-electron chi connectivity index (χ4n) is 2.61. The van der Waals surface area contributed by atoms with Crippen LogP contribution in [0.4, 0.5) is 5.69 Å². The van der Waals surface area contributed by atoms with Gasteiger partial charge in [-0.05, 0) is 49.9 Å².